The van der Waals surface area contributed by atoms with Gasteiger partial charge in [-0.1, -0.05) is 18.2 Å². The van der Waals surface area contributed by atoms with E-state index in [4.69, 9.17) is 9.47 Å². The van der Waals surface area contributed by atoms with Crippen LogP contribution in [0.15, 0.2) is 29.3 Å². The monoisotopic (exact) mass is 311 g/mol. The molecule has 1 N–H and O–H groups in total. The molecule has 2 aliphatic heterocycles. The lowest BCUT2D eigenvalue weighted by Crippen LogP contribution is -2.57. The van der Waals surface area contributed by atoms with Gasteiger partial charge in [-0.3, -0.25) is 0 Å². The average Bonchev–Trinajstić information content (AvgIpc) is 2.53. The molecule has 1 fully saturated rings. The molecule has 0 amide bonds. The second-order valence-electron chi connectivity index (χ2n) is 5.73. The molecule has 4 nitrogen and oxygen atoms in total. The van der Waals surface area contributed by atoms with Crippen molar-refractivity contribution < 1.29 is 23.4 Å². The molecule has 1 saturated heterocycles. The molecule has 22 heavy (non-hydrogen) atoms. The summed E-state index contributed by atoms with van der Waals surface area (Å²) in [5.41, 5.74) is -1.24. The number of nitrogens with zero attached hydrogens (tertiary/aromatic N) is 1. The van der Waals surface area contributed by atoms with Crippen molar-refractivity contribution in [3.63, 3.8) is 0 Å². The Morgan fingerprint density at radius 2 is 2.18 bits per heavy atom. The number of halogens is 2. The molecule has 3 rings (SSSR count). The lowest BCUT2D eigenvalue weighted by molar-refractivity contribution is -0.142. The zero-order valence-electron chi connectivity index (χ0n) is 12.3. The first-order chi connectivity index (χ1) is 10.6. The maximum absolute atomic E-state index is 14.3. The Kier molecular flexibility index (Phi) is 4.14. The van der Waals surface area contributed by atoms with Gasteiger partial charge in [-0.05, 0) is 6.07 Å². The SMILES string of the molecule is CC1=N[C@](CF)(c2ccccc2F)[C@H]2[C@H](CO)OCC[C@H]2O1. The van der Waals surface area contributed by atoms with Crippen LogP contribution in [-0.4, -0.2) is 43.1 Å². The summed E-state index contributed by atoms with van der Waals surface area (Å²) < 4.78 is 39.8. The largest absolute Gasteiger partial charge is 0.477 e. The van der Waals surface area contributed by atoms with Crippen LogP contribution in [-0.2, 0) is 15.0 Å². The highest BCUT2D eigenvalue weighted by Gasteiger charge is 2.55. The summed E-state index contributed by atoms with van der Waals surface area (Å²) in [6.07, 6.45) is -0.422. The van der Waals surface area contributed by atoms with E-state index in [1.54, 1.807) is 19.1 Å². The van der Waals surface area contributed by atoms with E-state index in [-0.39, 0.29) is 18.3 Å². The van der Waals surface area contributed by atoms with Gasteiger partial charge in [-0.15, -0.1) is 0 Å². The van der Waals surface area contributed by atoms with Crippen molar-refractivity contribution in [1.29, 1.82) is 0 Å². The van der Waals surface area contributed by atoms with E-state index < -0.39 is 30.1 Å². The van der Waals surface area contributed by atoms with Crippen LogP contribution in [0.5, 0.6) is 0 Å². The molecule has 0 radical (unpaired) electrons. The molecule has 6 heteroatoms. The quantitative estimate of drug-likeness (QED) is 0.931. The zero-order chi connectivity index (χ0) is 15.7. The van der Waals surface area contributed by atoms with Gasteiger partial charge in [0.1, 0.15) is 24.1 Å². The Bertz CT molecular complexity index is 580. The number of aliphatic hydroxyl groups is 1. The summed E-state index contributed by atoms with van der Waals surface area (Å²) in [7, 11) is 0. The van der Waals surface area contributed by atoms with E-state index in [0.717, 1.165) is 0 Å². The first-order valence-corrected chi connectivity index (χ1v) is 7.39. The van der Waals surface area contributed by atoms with Crippen LogP contribution in [0, 0.1) is 11.7 Å². The third-order valence-corrected chi connectivity index (χ3v) is 4.49. The molecule has 2 aliphatic rings. The highest BCUT2D eigenvalue weighted by Crippen LogP contribution is 2.46. The Balaban J connectivity index is 2.17. The zero-order valence-corrected chi connectivity index (χ0v) is 12.3. The average molecular weight is 311 g/mol. The van der Waals surface area contributed by atoms with Gasteiger partial charge < -0.3 is 14.6 Å². The summed E-state index contributed by atoms with van der Waals surface area (Å²) in [4.78, 5) is 4.33. The van der Waals surface area contributed by atoms with E-state index in [9.17, 15) is 13.9 Å². The molecule has 120 valence electrons. The standard InChI is InChI=1S/C16H19F2NO3/c1-10-19-16(9-17,11-4-2-3-5-12(11)18)15-13(22-10)6-7-21-14(15)8-20/h2-5,13-15,20H,6-9H2,1H3/t13-,14+,15-,16-/m1/s1. The minimum atomic E-state index is -1.42. The highest BCUT2D eigenvalue weighted by atomic mass is 19.1. The number of ether oxygens (including phenoxy) is 2. The third kappa shape index (κ3) is 2.30. The predicted molar refractivity (Wildman–Crippen MR) is 77.0 cm³/mol. The number of aliphatic hydroxyl groups excluding tert-OH is 1. The van der Waals surface area contributed by atoms with Crippen LogP contribution in [0.25, 0.3) is 0 Å². The van der Waals surface area contributed by atoms with Crippen LogP contribution in [0.3, 0.4) is 0 Å². The van der Waals surface area contributed by atoms with Crippen LogP contribution in [0.2, 0.25) is 0 Å². The van der Waals surface area contributed by atoms with Gasteiger partial charge in [0, 0.05) is 18.9 Å². The van der Waals surface area contributed by atoms with Crippen molar-refractivity contribution >= 4 is 5.90 Å². The van der Waals surface area contributed by atoms with E-state index in [1.165, 1.54) is 12.1 Å². The van der Waals surface area contributed by atoms with Crippen LogP contribution in [0.4, 0.5) is 8.78 Å². The van der Waals surface area contributed by atoms with E-state index in [0.29, 0.717) is 18.9 Å². The summed E-state index contributed by atoms with van der Waals surface area (Å²) in [6, 6.07) is 6.04. The third-order valence-electron chi connectivity index (χ3n) is 4.49. The highest BCUT2D eigenvalue weighted by molar-refractivity contribution is 5.75. The van der Waals surface area contributed by atoms with Crippen molar-refractivity contribution in [3.8, 4) is 0 Å². The summed E-state index contributed by atoms with van der Waals surface area (Å²) in [6.45, 7) is 0.898. The molecule has 0 bridgehead atoms. The molecule has 0 aromatic heterocycles. The number of fused-ring (bicyclic) bond motifs is 1. The fourth-order valence-corrected chi connectivity index (χ4v) is 3.62. The van der Waals surface area contributed by atoms with Crippen molar-refractivity contribution in [2.75, 3.05) is 19.9 Å². The van der Waals surface area contributed by atoms with Gasteiger partial charge in [-0.2, -0.15) is 0 Å². The van der Waals surface area contributed by atoms with E-state index in [1.807, 2.05) is 0 Å². The Morgan fingerprint density at radius 1 is 1.41 bits per heavy atom. The number of benzene rings is 1. The van der Waals surface area contributed by atoms with Gasteiger partial charge in [0.25, 0.3) is 0 Å². The number of alkyl halides is 1. The minimum Gasteiger partial charge on any atom is -0.477 e. The van der Waals surface area contributed by atoms with Crippen molar-refractivity contribution in [3.05, 3.63) is 35.6 Å². The molecule has 2 heterocycles. The van der Waals surface area contributed by atoms with Crippen LogP contribution in [0.1, 0.15) is 18.9 Å². The van der Waals surface area contributed by atoms with Gasteiger partial charge in [-0.25, -0.2) is 13.8 Å². The van der Waals surface area contributed by atoms with Crippen molar-refractivity contribution in [1.82, 2.24) is 0 Å². The Hall–Kier alpha value is -1.53. The van der Waals surface area contributed by atoms with Gasteiger partial charge in [0.15, 0.2) is 5.90 Å². The Labute approximate surface area is 127 Å². The molecule has 0 spiro atoms. The lowest BCUT2D eigenvalue weighted by Gasteiger charge is -2.49. The molecule has 0 unspecified atom stereocenters. The molecular weight excluding hydrogens is 292 g/mol. The minimum absolute atomic E-state index is 0.180. The smallest absolute Gasteiger partial charge is 0.181 e. The van der Waals surface area contributed by atoms with E-state index in [2.05, 4.69) is 4.99 Å². The van der Waals surface area contributed by atoms with Gasteiger partial charge in [0.05, 0.1) is 25.2 Å². The number of aliphatic imine (C=N–C) groups is 1. The fourth-order valence-electron chi connectivity index (χ4n) is 3.62. The van der Waals surface area contributed by atoms with Gasteiger partial charge in [0.2, 0.25) is 0 Å². The van der Waals surface area contributed by atoms with Crippen molar-refractivity contribution in [2.45, 2.75) is 31.1 Å². The molecule has 0 saturated carbocycles. The molecular formula is C16H19F2NO3. The van der Waals surface area contributed by atoms with E-state index >= 15 is 0 Å². The number of hydrogen-bond acceptors (Lipinski definition) is 4. The first-order valence-electron chi connectivity index (χ1n) is 7.39. The molecule has 4 atom stereocenters. The van der Waals surface area contributed by atoms with Crippen molar-refractivity contribution in [2.24, 2.45) is 10.9 Å². The summed E-state index contributed by atoms with van der Waals surface area (Å²) in [5, 5.41) is 9.59. The first kappa shape index (κ1) is 15.4. The second-order valence-corrected chi connectivity index (χ2v) is 5.73. The summed E-state index contributed by atoms with van der Waals surface area (Å²) in [5.74, 6) is -0.753. The molecule has 1 aromatic carbocycles. The maximum atomic E-state index is 14.3. The lowest BCUT2D eigenvalue weighted by atomic mass is 9.71. The second kappa shape index (κ2) is 5.93. The predicted octanol–water partition coefficient (Wildman–Crippen LogP) is 2.21. The van der Waals surface area contributed by atoms with Crippen LogP contribution < -0.4 is 0 Å². The fraction of sp³-hybridized carbons (Fsp3) is 0.562. The Morgan fingerprint density at radius 3 is 2.86 bits per heavy atom. The maximum Gasteiger partial charge on any atom is 0.181 e. The normalized spacial score (nSPS) is 34.5. The number of rotatable bonds is 3. The topological polar surface area (TPSA) is 51.1 Å². The van der Waals surface area contributed by atoms with Crippen LogP contribution >= 0.6 is 0 Å². The number of hydrogen-bond donors (Lipinski definition) is 1. The molecule has 1 aromatic rings. The summed E-state index contributed by atoms with van der Waals surface area (Å²) >= 11 is 0. The molecule has 0 aliphatic carbocycles. The van der Waals surface area contributed by atoms with Gasteiger partial charge >= 0.3 is 0 Å².